The van der Waals surface area contributed by atoms with Gasteiger partial charge in [0.1, 0.15) is 23.9 Å². The predicted octanol–water partition coefficient (Wildman–Crippen LogP) is 2.12. The van der Waals surface area contributed by atoms with E-state index in [2.05, 4.69) is 6.92 Å². The van der Waals surface area contributed by atoms with Crippen molar-refractivity contribution >= 4 is 17.7 Å². The SMILES string of the molecule is CC(=O)OC[C@@]12C(=O)CC[C@H]1[C@@H](C)CC[C@H]1[C@H](C)C(=O)O[C@H]12. The Labute approximate surface area is 130 Å². The van der Waals surface area contributed by atoms with Crippen molar-refractivity contribution < 1.29 is 23.9 Å². The van der Waals surface area contributed by atoms with E-state index >= 15 is 0 Å². The average molecular weight is 308 g/mol. The fraction of sp³-hybridized carbons (Fsp3) is 0.824. The van der Waals surface area contributed by atoms with Crippen LogP contribution in [0.2, 0.25) is 0 Å². The third kappa shape index (κ3) is 2.09. The smallest absolute Gasteiger partial charge is 0.309 e. The molecule has 3 rings (SSSR count). The highest BCUT2D eigenvalue weighted by molar-refractivity contribution is 5.90. The van der Waals surface area contributed by atoms with Crippen molar-refractivity contribution in [3.8, 4) is 0 Å². The largest absolute Gasteiger partial charge is 0.465 e. The van der Waals surface area contributed by atoms with Crippen molar-refractivity contribution in [3.05, 3.63) is 0 Å². The van der Waals surface area contributed by atoms with Crippen LogP contribution in [0.4, 0.5) is 0 Å². The van der Waals surface area contributed by atoms with Gasteiger partial charge < -0.3 is 9.47 Å². The summed E-state index contributed by atoms with van der Waals surface area (Å²) in [6.45, 7) is 5.46. The Bertz CT molecular complexity index is 513. The number of fused-ring (bicyclic) bond motifs is 3. The van der Waals surface area contributed by atoms with Crippen LogP contribution < -0.4 is 0 Å². The molecule has 0 spiro atoms. The minimum Gasteiger partial charge on any atom is -0.465 e. The molecule has 122 valence electrons. The molecule has 1 saturated heterocycles. The first-order valence-electron chi connectivity index (χ1n) is 8.25. The molecular weight excluding hydrogens is 284 g/mol. The first-order valence-corrected chi connectivity index (χ1v) is 8.25. The van der Waals surface area contributed by atoms with Gasteiger partial charge in [0.2, 0.25) is 0 Å². The van der Waals surface area contributed by atoms with Gasteiger partial charge in [0.25, 0.3) is 0 Å². The summed E-state index contributed by atoms with van der Waals surface area (Å²) in [4.78, 5) is 36.2. The summed E-state index contributed by atoms with van der Waals surface area (Å²) in [7, 11) is 0. The lowest BCUT2D eigenvalue weighted by atomic mass is 9.67. The number of esters is 2. The molecule has 3 aliphatic rings. The second-order valence-electron chi connectivity index (χ2n) is 7.25. The van der Waals surface area contributed by atoms with Crippen molar-refractivity contribution in [1.82, 2.24) is 0 Å². The second kappa shape index (κ2) is 5.36. The lowest BCUT2D eigenvalue weighted by Gasteiger charge is -2.39. The molecule has 5 heteroatoms. The highest BCUT2D eigenvalue weighted by Gasteiger charge is 2.64. The number of rotatable bonds is 2. The highest BCUT2D eigenvalue weighted by atomic mass is 16.6. The molecule has 1 heterocycles. The summed E-state index contributed by atoms with van der Waals surface area (Å²) in [5.74, 6) is -0.129. The predicted molar refractivity (Wildman–Crippen MR) is 77.7 cm³/mol. The Morgan fingerprint density at radius 3 is 2.68 bits per heavy atom. The van der Waals surface area contributed by atoms with Crippen LogP contribution in [0.1, 0.15) is 46.5 Å². The van der Waals surface area contributed by atoms with Crippen LogP contribution >= 0.6 is 0 Å². The van der Waals surface area contributed by atoms with Crippen LogP contribution in [-0.4, -0.2) is 30.4 Å². The second-order valence-corrected chi connectivity index (χ2v) is 7.25. The molecule has 0 aromatic rings. The fourth-order valence-electron chi connectivity index (χ4n) is 4.94. The van der Waals surface area contributed by atoms with Crippen molar-refractivity contribution in [2.45, 2.75) is 52.6 Å². The topological polar surface area (TPSA) is 69.7 Å². The Hall–Kier alpha value is -1.39. The number of carbonyl (C=O) groups is 3. The van der Waals surface area contributed by atoms with Crippen LogP contribution in [0.15, 0.2) is 0 Å². The number of hydrogen-bond donors (Lipinski definition) is 0. The highest BCUT2D eigenvalue weighted by Crippen LogP contribution is 2.57. The molecule has 6 atom stereocenters. The van der Waals surface area contributed by atoms with Gasteiger partial charge in [-0.15, -0.1) is 0 Å². The van der Waals surface area contributed by atoms with Gasteiger partial charge >= 0.3 is 11.9 Å². The number of ether oxygens (including phenoxy) is 2. The number of Topliss-reactive ketones (excluding diaryl/α,β-unsaturated/α-hetero) is 1. The fourth-order valence-corrected chi connectivity index (χ4v) is 4.94. The summed E-state index contributed by atoms with van der Waals surface area (Å²) in [5.41, 5.74) is -0.827. The van der Waals surface area contributed by atoms with E-state index in [4.69, 9.17) is 9.47 Å². The van der Waals surface area contributed by atoms with Gasteiger partial charge in [-0.3, -0.25) is 14.4 Å². The molecule has 2 saturated carbocycles. The molecule has 5 nitrogen and oxygen atoms in total. The van der Waals surface area contributed by atoms with Gasteiger partial charge in [-0.25, -0.2) is 0 Å². The first kappa shape index (κ1) is 15.5. The maximum Gasteiger partial charge on any atom is 0.309 e. The first-order chi connectivity index (χ1) is 10.4. The van der Waals surface area contributed by atoms with Crippen LogP contribution in [0.25, 0.3) is 0 Å². The molecule has 2 aliphatic carbocycles. The Kier molecular flexibility index (Phi) is 3.77. The van der Waals surface area contributed by atoms with Gasteiger partial charge in [0.15, 0.2) is 0 Å². The molecule has 0 N–H and O–H groups in total. The van der Waals surface area contributed by atoms with Gasteiger partial charge in [-0.2, -0.15) is 0 Å². The van der Waals surface area contributed by atoms with E-state index < -0.39 is 17.5 Å². The van der Waals surface area contributed by atoms with E-state index in [0.717, 1.165) is 19.3 Å². The lowest BCUT2D eigenvalue weighted by Crippen LogP contribution is -2.50. The van der Waals surface area contributed by atoms with Gasteiger partial charge in [0.05, 0.1) is 5.92 Å². The molecule has 1 aliphatic heterocycles. The van der Waals surface area contributed by atoms with E-state index in [1.807, 2.05) is 6.92 Å². The van der Waals surface area contributed by atoms with E-state index in [1.54, 1.807) is 0 Å². The number of carbonyl (C=O) groups excluding carboxylic acids is 3. The molecular formula is C17H24O5. The van der Waals surface area contributed by atoms with Crippen molar-refractivity contribution in [3.63, 3.8) is 0 Å². The van der Waals surface area contributed by atoms with Crippen molar-refractivity contribution in [2.75, 3.05) is 6.61 Å². The van der Waals surface area contributed by atoms with Crippen LogP contribution in [0.5, 0.6) is 0 Å². The molecule has 0 aromatic heterocycles. The molecule has 22 heavy (non-hydrogen) atoms. The minimum atomic E-state index is -0.827. The zero-order valence-electron chi connectivity index (χ0n) is 13.5. The quantitative estimate of drug-likeness (QED) is 0.731. The molecule has 3 fully saturated rings. The van der Waals surface area contributed by atoms with E-state index in [9.17, 15) is 14.4 Å². The number of ketones is 1. The third-order valence-corrected chi connectivity index (χ3v) is 6.17. The summed E-state index contributed by atoms with van der Waals surface area (Å²) in [5, 5.41) is 0. The van der Waals surface area contributed by atoms with Crippen molar-refractivity contribution in [1.29, 1.82) is 0 Å². The third-order valence-electron chi connectivity index (χ3n) is 6.17. The zero-order valence-corrected chi connectivity index (χ0v) is 13.5. The summed E-state index contributed by atoms with van der Waals surface area (Å²) < 4.78 is 11.0. The summed E-state index contributed by atoms with van der Waals surface area (Å²) in [6, 6.07) is 0. The van der Waals surface area contributed by atoms with E-state index in [1.165, 1.54) is 6.92 Å². The Balaban J connectivity index is 2.04. The molecule has 0 radical (unpaired) electrons. The van der Waals surface area contributed by atoms with Gasteiger partial charge in [0, 0.05) is 19.3 Å². The average Bonchev–Trinajstić information content (AvgIpc) is 2.90. The molecule has 0 aromatic carbocycles. The monoisotopic (exact) mass is 308 g/mol. The Morgan fingerprint density at radius 2 is 2.00 bits per heavy atom. The van der Waals surface area contributed by atoms with Crippen LogP contribution in [0, 0.1) is 29.1 Å². The summed E-state index contributed by atoms with van der Waals surface area (Å²) >= 11 is 0. The minimum absolute atomic E-state index is 0.0529. The maximum absolute atomic E-state index is 12.8. The standard InChI is InChI=1S/C17H24O5/c1-9-4-5-12-10(2)16(20)22-15(12)17(8-21-11(3)18)13(9)6-7-14(17)19/h9-10,12-13,15H,4-8H2,1-3H3/t9-,10-,12-,13-,15+,17-/m0/s1. The van der Waals surface area contributed by atoms with Gasteiger partial charge in [-0.05, 0) is 31.1 Å². The summed E-state index contributed by atoms with van der Waals surface area (Å²) in [6.07, 6.45) is 2.74. The normalized spacial score (nSPS) is 44.0. The maximum atomic E-state index is 12.8. The van der Waals surface area contributed by atoms with Crippen LogP contribution in [0.3, 0.4) is 0 Å². The Morgan fingerprint density at radius 1 is 1.27 bits per heavy atom. The number of hydrogen-bond acceptors (Lipinski definition) is 5. The molecule has 0 unspecified atom stereocenters. The van der Waals surface area contributed by atoms with Crippen LogP contribution in [-0.2, 0) is 23.9 Å². The van der Waals surface area contributed by atoms with Gasteiger partial charge in [-0.1, -0.05) is 13.8 Å². The lowest BCUT2D eigenvalue weighted by molar-refractivity contribution is -0.164. The van der Waals surface area contributed by atoms with E-state index in [0.29, 0.717) is 12.3 Å². The van der Waals surface area contributed by atoms with Crippen molar-refractivity contribution in [2.24, 2.45) is 29.1 Å². The van der Waals surface area contributed by atoms with E-state index in [-0.39, 0.29) is 36.1 Å². The molecule has 0 amide bonds. The molecule has 0 bridgehead atoms. The zero-order chi connectivity index (χ0) is 16.1.